The molecule has 0 aliphatic carbocycles. The number of amides is 2. The number of halogens is 1. The van der Waals surface area contributed by atoms with Gasteiger partial charge in [0.1, 0.15) is 30.3 Å². The largest absolute Gasteiger partial charge is 0.489 e. The van der Waals surface area contributed by atoms with Gasteiger partial charge in [-0.05, 0) is 36.4 Å². The summed E-state index contributed by atoms with van der Waals surface area (Å²) >= 11 is 0. The van der Waals surface area contributed by atoms with Crippen molar-refractivity contribution in [2.24, 2.45) is 0 Å². The molecule has 5 N–H and O–H groups in total. The molecule has 9 nitrogen and oxygen atoms in total. The first-order valence-corrected chi connectivity index (χ1v) is 8.98. The molecule has 10 heteroatoms. The van der Waals surface area contributed by atoms with Crippen molar-refractivity contribution in [3.8, 4) is 11.8 Å². The Labute approximate surface area is 172 Å². The summed E-state index contributed by atoms with van der Waals surface area (Å²) in [6.07, 6.45) is -0.901. The number of aromatic carboxylic acids is 1. The summed E-state index contributed by atoms with van der Waals surface area (Å²) in [5.74, 6) is -1.53. The van der Waals surface area contributed by atoms with Gasteiger partial charge in [-0.15, -0.1) is 0 Å². The number of nitriles is 1. The first-order chi connectivity index (χ1) is 14.4. The zero-order chi connectivity index (χ0) is 21.9. The first kappa shape index (κ1) is 22.6. The molecule has 0 heterocycles. The molecule has 0 spiro atoms. The Kier molecular flexibility index (Phi) is 8.56. The number of carboxylic acid groups (broad SMARTS) is 1. The number of hydrogen-bond donors (Lipinski definition) is 5. The second-order valence-corrected chi connectivity index (χ2v) is 6.18. The minimum Gasteiger partial charge on any atom is -0.489 e. The number of nitrogens with zero attached hydrogens (tertiary/aromatic N) is 1. The molecule has 0 saturated carbocycles. The summed E-state index contributed by atoms with van der Waals surface area (Å²) in [6.45, 7) is 0.670. The van der Waals surface area contributed by atoms with E-state index in [4.69, 9.17) is 15.1 Å². The van der Waals surface area contributed by atoms with Gasteiger partial charge >= 0.3 is 12.0 Å². The van der Waals surface area contributed by atoms with Gasteiger partial charge in [0.05, 0.1) is 11.1 Å². The summed E-state index contributed by atoms with van der Waals surface area (Å²) in [7, 11) is 0. The number of carbonyl (C=O) groups is 2. The van der Waals surface area contributed by atoms with Crippen molar-refractivity contribution in [2.45, 2.75) is 6.10 Å². The average Bonchev–Trinajstić information content (AvgIpc) is 2.72. The number of nitrogens with one attached hydrogen (secondary N) is 3. The summed E-state index contributed by atoms with van der Waals surface area (Å²) in [5.41, 5.74) is 0.741. The lowest BCUT2D eigenvalue weighted by molar-refractivity contribution is 0.0697. The maximum absolute atomic E-state index is 13.2. The van der Waals surface area contributed by atoms with Gasteiger partial charge < -0.3 is 30.9 Å². The monoisotopic (exact) mass is 416 g/mol. The number of aliphatic hydroxyl groups excluding tert-OH is 1. The van der Waals surface area contributed by atoms with Crippen LogP contribution in [0.5, 0.6) is 5.75 Å². The summed E-state index contributed by atoms with van der Waals surface area (Å²) in [4.78, 5) is 22.6. The molecule has 0 aliphatic heterocycles. The van der Waals surface area contributed by atoms with Gasteiger partial charge in [-0.25, -0.2) is 14.0 Å². The molecule has 2 aromatic rings. The average molecular weight is 416 g/mol. The molecule has 0 bridgehead atoms. The van der Waals surface area contributed by atoms with Gasteiger partial charge in [0.15, 0.2) is 0 Å². The van der Waals surface area contributed by atoms with Gasteiger partial charge in [-0.3, -0.25) is 0 Å². The van der Waals surface area contributed by atoms with E-state index >= 15 is 0 Å². The van der Waals surface area contributed by atoms with Crippen LogP contribution in [0.15, 0.2) is 42.5 Å². The predicted molar refractivity (Wildman–Crippen MR) is 106 cm³/mol. The van der Waals surface area contributed by atoms with E-state index in [1.807, 2.05) is 6.07 Å². The lowest BCUT2D eigenvalue weighted by atomic mass is 10.2. The Morgan fingerprint density at radius 3 is 2.57 bits per heavy atom. The van der Waals surface area contributed by atoms with Gasteiger partial charge in [-0.2, -0.15) is 5.26 Å². The zero-order valence-corrected chi connectivity index (χ0v) is 15.9. The van der Waals surface area contributed by atoms with E-state index in [1.54, 1.807) is 0 Å². The summed E-state index contributed by atoms with van der Waals surface area (Å²) in [6, 6.07) is 10.7. The van der Waals surface area contributed by atoms with Crippen LogP contribution < -0.4 is 20.7 Å². The van der Waals surface area contributed by atoms with E-state index in [9.17, 15) is 19.1 Å². The minimum absolute atomic E-state index is 0.0614. The number of anilines is 1. The number of hydrogen-bond acceptors (Lipinski definition) is 6. The summed E-state index contributed by atoms with van der Waals surface area (Å²) < 4.78 is 18.5. The Balaban J connectivity index is 1.62. The van der Waals surface area contributed by atoms with Gasteiger partial charge in [0, 0.05) is 31.4 Å². The van der Waals surface area contributed by atoms with Crippen molar-refractivity contribution in [1.82, 2.24) is 10.6 Å². The quantitative estimate of drug-likeness (QED) is 0.370. The molecule has 30 heavy (non-hydrogen) atoms. The fraction of sp³-hybridized carbons (Fsp3) is 0.250. The molecule has 0 aliphatic rings. The molecule has 2 rings (SSSR count). The van der Waals surface area contributed by atoms with Crippen molar-refractivity contribution in [1.29, 1.82) is 5.26 Å². The highest BCUT2D eigenvalue weighted by molar-refractivity contribution is 5.91. The molecule has 2 aromatic carbocycles. The first-order valence-electron chi connectivity index (χ1n) is 8.98. The maximum Gasteiger partial charge on any atom is 0.335 e. The number of carbonyl (C=O) groups excluding carboxylic acids is 1. The Bertz CT molecular complexity index is 914. The topological polar surface area (TPSA) is 144 Å². The van der Waals surface area contributed by atoms with Crippen molar-refractivity contribution in [3.05, 3.63) is 59.4 Å². The number of benzene rings is 2. The molecule has 0 radical (unpaired) electrons. The fourth-order valence-corrected chi connectivity index (χ4v) is 2.36. The number of ether oxygens (including phenoxy) is 1. The standard InChI is InChI=1S/C20H21FN4O5/c21-15-4-1-14(10-22)18(9-15)30-12-17(26)11-23-7-8-24-20(29)25-16-5-2-13(3-6-16)19(27)28/h1-6,9,17,23,26H,7-8,11-12H2,(H,27,28)(H2,24,25,29)/t17-/m0/s1. The van der Waals surface area contributed by atoms with Crippen LogP contribution in [0.4, 0.5) is 14.9 Å². The SMILES string of the molecule is N#Cc1ccc(F)cc1OC[C@@H](O)CNCCNC(=O)Nc1ccc(C(=O)O)cc1. The summed E-state index contributed by atoms with van der Waals surface area (Å²) in [5, 5.41) is 35.8. The second-order valence-electron chi connectivity index (χ2n) is 6.18. The highest BCUT2D eigenvalue weighted by Crippen LogP contribution is 2.19. The third kappa shape index (κ3) is 7.38. The molecule has 0 aromatic heterocycles. The lowest BCUT2D eigenvalue weighted by Gasteiger charge is -2.14. The number of aliphatic hydroxyl groups is 1. The van der Waals surface area contributed by atoms with Crippen LogP contribution in [0.3, 0.4) is 0 Å². The van der Waals surface area contributed by atoms with Gasteiger partial charge in [-0.1, -0.05) is 0 Å². The van der Waals surface area contributed by atoms with E-state index in [1.165, 1.54) is 30.3 Å². The van der Waals surface area contributed by atoms with Crippen LogP contribution in [0.1, 0.15) is 15.9 Å². The fourth-order valence-electron chi connectivity index (χ4n) is 2.36. The molecule has 0 saturated heterocycles. The van der Waals surface area contributed by atoms with Crippen molar-refractivity contribution in [2.75, 3.05) is 31.6 Å². The van der Waals surface area contributed by atoms with Crippen molar-refractivity contribution in [3.63, 3.8) is 0 Å². The number of urea groups is 1. The maximum atomic E-state index is 13.2. The molecular weight excluding hydrogens is 395 g/mol. The van der Waals surface area contributed by atoms with Crippen LogP contribution in [-0.4, -0.2) is 54.6 Å². The van der Waals surface area contributed by atoms with E-state index in [-0.39, 0.29) is 36.6 Å². The smallest absolute Gasteiger partial charge is 0.335 e. The third-order valence-electron chi connectivity index (χ3n) is 3.85. The van der Waals surface area contributed by atoms with Crippen LogP contribution in [0.25, 0.3) is 0 Å². The second kappa shape index (κ2) is 11.4. The van der Waals surface area contributed by atoms with E-state index in [0.29, 0.717) is 12.2 Å². The minimum atomic E-state index is -1.05. The van der Waals surface area contributed by atoms with E-state index < -0.39 is 23.9 Å². The molecule has 1 atom stereocenters. The Morgan fingerprint density at radius 2 is 1.90 bits per heavy atom. The van der Waals surface area contributed by atoms with Crippen LogP contribution in [0, 0.1) is 17.1 Å². The van der Waals surface area contributed by atoms with Gasteiger partial charge in [0.25, 0.3) is 0 Å². The number of carboxylic acids is 1. The van der Waals surface area contributed by atoms with Crippen LogP contribution >= 0.6 is 0 Å². The van der Waals surface area contributed by atoms with Crippen molar-refractivity contribution >= 4 is 17.7 Å². The van der Waals surface area contributed by atoms with Crippen LogP contribution in [0.2, 0.25) is 0 Å². The molecule has 2 amide bonds. The van der Waals surface area contributed by atoms with E-state index in [2.05, 4.69) is 16.0 Å². The lowest BCUT2D eigenvalue weighted by Crippen LogP contribution is -2.38. The van der Waals surface area contributed by atoms with Crippen LogP contribution in [-0.2, 0) is 0 Å². The molecule has 158 valence electrons. The van der Waals surface area contributed by atoms with Gasteiger partial charge in [0.2, 0.25) is 0 Å². The zero-order valence-electron chi connectivity index (χ0n) is 15.9. The molecular formula is C20H21FN4O5. The third-order valence-corrected chi connectivity index (χ3v) is 3.85. The number of rotatable bonds is 10. The Hall–Kier alpha value is -3.68. The van der Waals surface area contributed by atoms with E-state index in [0.717, 1.165) is 12.1 Å². The normalized spacial score (nSPS) is 11.2. The predicted octanol–water partition coefficient (Wildman–Crippen LogP) is 1.55. The highest BCUT2D eigenvalue weighted by Gasteiger charge is 2.09. The molecule has 0 fully saturated rings. The Morgan fingerprint density at radius 1 is 1.17 bits per heavy atom. The van der Waals surface area contributed by atoms with Crippen molar-refractivity contribution < 1.29 is 28.9 Å². The highest BCUT2D eigenvalue weighted by atomic mass is 19.1. The molecule has 0 unspecified atom stereocenters.